The number of hydrogen-bond acceptors (Lipinski definition) is 4. The summed E-state index contributed by atoms with van der Waals surface area (Å²) in [6, 6.07) is -1.07. The molecule has 0 heterocycles. The van der Waals surface area contributed by atoms with E-state index in [0.29, 0.717) is 0 Å². The molecule has 7 heteroatoms. The van der Waals surface area contributed by atoms with Gasteiger partial charge in [0, 0.05) is 6.42 Å². The van der Waals surface area contributed by atoms with Gasteiger partial charge in [-0.15, -0.1) is 0 Å². The number of allylic oxidation sites excluding steroid dienone is 3. The average molecular weight is 600 g/mol. The lowest BCUT2D eigenvalue weighted by Crippen LogP contribution is -2.46. The number of aliphatic hydroxyl groups is 1. The van der Waals surface area contributed by atoms with Gasteiger partial charge in [0.25, 0.3) is 10.1 Å². The molecule has 0 aliphatic heterocycles. The van der Waals surface area contributed by atoms with Gasteiger partial charge in [-0.1, -0.05) is 154 Å². The van der Waals surface area contributed by atoms with Gasteiger partial charge in [0.15, 0.2) is 0 Å². The summed E-state index contributed by atoms with van der Waals surface area (Å²) >= 11 is 0. The van der Waals surface area contributed by atoms with Crippen molar-refractivity contribution >= 4 is 16.0 Å². The predicted octanol–water partition coefficient (Wildman–Crippen LogP) is 9.23. The Morgan fingerprint density at radius 1 is 0.634 bits per heavy atom. The van der Waals surface area contributed by atoms with E-state index < -0.39 is 28.0 Å². The van der Waals surface area contributed by atoms with Crippen LogP contribution in [-0.2, 0) is 14.9 Å². The molecule has 0 radical (unpaired) electrons. The molecule has 0 aliphatic carbocycles. The van der Waals surface area contributed by atoms with Crippen molar-refractivity contribution in [2.45, 2.75) is 180 Å². The Hall–Kier alpha value is -1.18. The maximum atomic E-state index is 12.3. The molecule has 242 valence electrons. The molecule has 1 amide bonds. The van der Waals surface area contributed by atoms with Crippen LogP contribution < -0.4 is 5.32 Å². The Morgan fingerprint density at radius 3 is 1.54 bits per heavy atom. The smallest absolute Gasteiger partial charge is 0.267 e. The van der Waals surface area contributed by atoms with E-state index in [2.05, 4.69) is 31.3 Å². The number of amides is 1. The van der Waals surface area contributed by atoms with Crippen LogP contribution >= 0.6 is 0 Å². The van der Waals surface area contributed by atoms with Gasteiger partial charge in [-0.25, -0.2) is 0 Å². The van der Waals surface area contributed by atoms with Crippen LogP contribution in [-0.4, -0.2) is 41.9 Å². The number of hydrogen-bond donors (Lipinski definition) is 3. The Morgan fingerprint density at radius 2 is 1.05 bits per heavy atom. The van der Waals surface area contributed by atoms with Crippen LogP contribution in [0.15, 0.2) is 24.3 Å². The fourth-order valence-corrected chi connectivity index (χ4v) is 5.79. The van der Waals surface area contributed by atoms with Crippen LogP contribution in [0.3, 0.4) is 0 Å². The van der Waals surface area contributed by atoms with E-state index in [1.165, 1.54) is 115 Å². The van der Waals surface area contributed by atoms with Crippen molar-refractivity contribution in [2.75, 3.05) is 5.75 Å². The molecule has 0 bridgehead atoms. The van der Waals surface area contributed by atoms with Crippen LogP contribution in [0.5, 0.6) is 0 Å². The van der Waals surface area contributed by atoms with Gasteiger partial charge >= 0.3 is 0 Å². The first-order valence-corrected chi connectivity index (χ1v) is 18.6. The van der Waals surface area contributed by atoms with Crippen LogP contribution in [0.4, 0.5) is 0 Å². The largest absolute Gasteiger partial charge is 0.387 e. The van der Waals surface area contributed by atoms with E-state index in [4.69, 9.17) is 0 Å². The Kier molecular flexibility index (Phi) is 28.1. The fraction of sp³-hybridized carbons (Fsp3) is 0.853. The number of aliphatic hydroxyl groups excluding tert-OH is 1. The van der Waals surface area contributed by atoms with Gasteiger partial charge in [-0.3, -0.25) is 9.35 Å². The monoisotopic (exact) mass is 599 g/mol. The molecule has 0 aromatic heterocycles. The molecule has 2 unspecified atom stereocenters. The molecule has 6 nitrogen and oxygen atoms in total. The number of carbonyl (C=O) groups excluding carboxylic acids is 1. The first-order chi connectivity index (χ1) is 19.8. The van der Waals surface area contributed by atoms with Crippen LogP contribution in [0.1, 0.15) is 168 Å². The van der Waals surface area contributed by atoms with E-state index in [0.717, 1.165) is 38.5 Å². The lowest BCUT2D eigenvalue weighted by molar-refractivity contribution is -0.122. The molecule has 0 aromatic carbocycles. The Labute approximate surface area is 254 Å². The molecule has 3 N–H and O–H groups in total. The number of unbranched alkanes of at least 4 members (excludes halogenated alkanes) is 20. The van der Waals surface area contributed by atoms with Crippen LogP contribution in [0, 0.1) is 0 Å². The standard InChI is InChI=1S/C34H65NO5S/c1-3-5-7-9-11-13-14-15-16-17-18-19-20-21-22-23-25-27-29-33(36)32(31-41(38,39)40)35-34(37)30-28-26-24-12-10-8-6-4-2/h21-22,27,29,32-33,36H,3-20,23-26,28,30-31H2,1-2H3,(H,35,37)(H,38,39,40)/b22-21+,29-27+. The number of rotatable bonds is 30. The van der Waals surface area contributed by atoms with Crippen molar-refractivity contribution in [3.63, 3.8) is 0 Å². The molecule has 0 aromatic rings. The SMILES string of the molecule is CCCCCCCCCCCCCC/C=C/CC/C=C/C(O)C(CS(=O)(=O)O)NC(=O)CCCCCCCCCC. The summed E-state index contributed by atoms with van der Waals surface area (Å²) in [4.78, 5) is 12.3. The maximum Gasteiger partial charge on any atom is 0.267 e. The third-order valence-electron chi connectivity index (χ3n) is 7.63. The maximum absolute atomic E-state index is 12.3. The first kappa shape index (κ1) is 39.8. The molecule has 0 rings (SSSR count). The summed E-state index contributed by atoms with van der Waals surface area (Å²) < 4.78 is 32.2. The quantitative estimate of drug-likeness (QED) is 0.0434. The molecule has 41 heavy (non-hydrogen) atoms. The third kappa shape index (κ3) is 30.1. The zero-order valence-corrected chi connectivity index (χ0v) is 27.5. The van der Waals surface area contributed by atoms with Gasteiger partial charge in [0.1, 0.15) is 0 Å². The summed E-state index contributed by atoms with van der Waals surface area (Å²) in [5.41, 5.74) is 0. The second kappa shape index (κ2) is 28.9. The summed E-state index contributed by atoms with van der Waals surface area (Å²) in [5, 5.41) is 13.1. The fourth-order valence-electron chi connectivity index (χ4n) is 5.05. The van der Waals surface area contributed by atoms with Gasteiger partial charge in [-0.05, 0) is 32.1 Å². The zero-order valence-electron chi connectivity index (χ0n) is 26.7. The topological polar surface area (TPSA) is 104 Å². The van der Waals surface area contributed by atoms with Gasteiger partial charge < -0.3 is 10.4 Å². The molecule has 0 fully saturated rings. The lowest BCUT2D eigenvalue weighted by atomic mass is 10.0. The number of carbonyl (C=O) groups is 1. The second-order valence-electron chi connectivity index (χ2n) is 11.8. The summed E-state index contributed by atoms with van der Waals surface area (Å²) in [7, 11) is -4.34. The van der Waals surface area contributed by atoms with Crippen molar-refractivity contribution in [1.29, 1.82) is 0 Å². The highest BCUT2D eigenvalue weighted by Crippen LogP contribution is 2.13. The van der Waals surface area contributed by atoms with Crippen molar-refractivity contribution in [1.82, 2.24) is 5.32 Å². The van der Waals surface area contributed by atoms with Crippen molar-refractivity contribution in [2.24, 2.45) is 0 Å². The van der Waals surface area contributed by atoms with Crippen molar-refractivity contribution in [3.05, 3.63) is 24.3 Å². The van der Waals surface area contributed by atoms with Gasteiger partial charge in [-0.2, -0.15) is 8.42 Å². The highest BCUT2D eigenvalue weighted by Gasteiger charge is 2.24. The highest BCUT2D eigenvalue weighted by molar-refractivity contribution is 7.85. The Balaban J connectivity index is 4.02. The molecule has 0 aliphatic rings. The lowest BCUT2D eigenvalue weighted by Gasteiger charge is -2.21. The van der Waals surface area contributed by atoms with Crippen LogP contribution in [0.25, 0.3) is 0 Å². The predicted molar refractivity (Wildman–Crippen MR) is 175 cm³/mol. The minimum absolute atomic E-state index is 0.289. The minimum atomic E-state index is -4.34. The zero-order chi connectivity index (χ0) is 30.4. The molecule has 0 saturated carbocycles. The van der Waals surface area contributed by atoms with E-state index in [1.54, 1.807) is 6.08 Å². The molecular formula is C34H65NO5S. The molecule has 0 saturated heterocycles. The van der Waals surface area contributed by atoms with E-state index in [1.807, 2.05) is 0 Å². The molecule has 0 spiro atoms. The van der Waals surface area contributed by atoms with Gasteiger partial charge in [0.05, 0.1) is 17.9 Å². The third-order valence-corrected chi connectivity index (χ3v) is 8.41. The second-order valence-corrected chi connectivity index (χ2v) is 13.3. The van der Waals surface area contributed by atoms with Gasteiger partial charge in [0.2, 0.25) is 5.91 Å². The molecule has 2 atom stereocenters. The van der Waals surface area contributed by atoms with E-state index in [-0.39, 0.29) is 12.3 Å². The summed E-state index contributed by atoms with van der Waals surface area (Å²) in [6.45, 7) is 4.46. The summed E-state index contributed by atoms with van der Waals surface area (Å²) in [6.07, 6.45) is 34.6. The van der Waals surface area contributed by atoms with E-state index >= 15 is 0 Å². The normalized spacial score (nSPS) is 13.8. The van der Waals surface area contributed by atoms with Crippen molar-refractivity contribution in [3.8, 4) is 0 Å². The Bertz CT molecular complexity index is 750. The average Bonchev–Trinajstić information content (AvgIpc) is 2.92. The highest BCUT2D eigenvalue weighted by atomic mass is 32.2. The van der Waals surface area contributed by atoms with E-state index in [9.17, 15) is 22.9 Å². The number of nitrogens with one attached hydrogen (secondary N) is 1. The van der Waals surface area contributed by atoms with Crippen molar-refractivity contribution < 1.29 is 22.9 Å². The molecular weight excluding hydrogens is 534 g/mol. The summed E-state index contributed by atoms with van der Waals surface area (Å²) in [5.74, 6) is -1.00. The van der Waals surface area contributed by atoms with Crippen LogP contribution in [0.2, 0.25) is 0 Å². The first-order valence-electron chi connectivity index (χ1n) is 17.0. The minimum Gasteiger partial charge on any atom is -0.387 e.